The third kappa shape index (κ3) is 3.86. The van der Waals surface area contributed by atoms with Crippen LogP contribution in [0.4, 0.5) is 0 Å². The summed E-state index contributed by atoms with van der Waals surface area (Å²) in [5.41, 5.74) is 0.494. The molecule has 88 valence electrons. The molecule has 0 aliphatic carbocycles. The summed E-state index contributed by atoms with van der Waals surface area (Å²) < 4.78 is 5.36. The van der Waals surface area contributed by atoms with E-state index in [0.717, 1.165) is 0 Å². The third-order valence-electron chi connectivity index (χ3n) is 1.83. The Balaban J connectivity index is 2.70. The van der Waals surface area contributed by atoms with Gasteiger partial charge in [0.1, 0.15) is 0 Å². The number of carboxylic acid groups (broad SMARTS) is 1. The number of aliphatic carboxylic acids is 1. The number of aromatic nitrogens is 1. The lowest BCUT2D eigenvalue weighted by molar-refractivity contribution is -0.146. The minimum absolute atomic E-state index is 0.00662. The Hall–Kier alpha value is -1.62. The first-order valence-electron chi connectivity index (χ1n) is 5.02. The molecule has 0 aromatic carbocycles. The van der Waals surface area contributed by atoms with E-state index in [0.29, 0.717) is 11.6 Å². The Kier molecular flexibility index (Phi) is 4.25. The number of hydrogen-bond donors (Lipinski definition) is 2. The summed E-state index contributed by atoms with van der Waals surface area (Å²) in [5, 5.41) is 17.7. The SMILES string of the molecule is CC(C)Oc1cccc(CC(O)C(=O)O)n1. The van der Waals surface area contributed by atoms with Gasteiger partial charge in [0, 0.05) is 18.2 Å². The molecular weight excluding hydrogens is 210 g/mol. The van der Waals surface area contributed by atoms with Crippen molar-refractivity contribution in [1.82, 2.24) is 4.98 Å². The molecule has 1 aromatic heterocycles. The van der Waals surface area contributed by atoms with Crippen molar-refractivity contribution in [1.29, 1.82) is 0 Å². The molecule has 0 fully saturated rings. The predicted octanol–water partition coefficient (Wildman–Crippen LogP) is 0.857. The van der Waals surface area contributed by atoms with Gasteiger partial charge in [0.2, 0.25) is 5.88 Å². The Morgan fingerprint density at radius 1 is 1.50 bits per heavy atom. The normalized spacial score (nSPS) is 12.5. The number of pyridine rings is 1. The Labute approximate surface area is 93.7 Å². The lowest BCUT2D eigenvalue weighted by atomic mass is 10.2. The highest BCUT2D eigenvalue weighted by Crippen LogP contribution is 2.11. The van der Waals surface area contributed by atoms with E-state index in [2.05, 4.69) is 4.98 Å². The van der Waals surface area contributed by atoms with Gasteiger partial charge in [-0.05, 0) is 19.9 Å². The number of carboxylic acids is 1. The van der Waals surface area contributed by atoms with Crippen LogP contribution < -0.4 is 4.74 Å². The van der Waals surface area contributed by atoms with Crippen LogP contribution in [-0.4, -0.2) is 33.4 Å². The second-order valence-corrected chi connectivity index (χ2v) is 3.69. The van der Waals surface area contributed by atoms with Gasteiger partial charge in [0.15, 0.2) is 6.10 Å². The lowest BCUT2D eigenvalue weighted by Crippen LogP contribution is -2.22. The fourth-order valence-corrected chi connectivity index (χ4v) is 1.16. The average Bonchev–Trinajstić information content (AvgIpc) is 2.16. The summed E-state index contributed by atoms with van der Waals surface area (Å²) in [6.45, 7) is 3.75. The number of aliphatic hydroxyl groups is 1. The van der Waals surface area contributed by atoms with Gasteiger partial charge in [0.05, 0.1) is 6.10 Å². The van der Waals surface area contributed by atoms with Crippen LogP contribution in [0, 0.1) is 0 Å². The first-order chi connectivity index (χ1) is 7.49. The maximum Gasteiger partial charge on any atom is 0.332 e. The summed E-state index contributed by atoms with van der Waals surface area (Å²) in [5.74, 6) is -0.818. The molecule has 1 rings (SSSR count). The molecule has 0 saturated heterocycles. The standard InChI is InChI=1S/C11H15NO4/c1-7(2)16-10-5-3-4-8(12-10)6-9(13)11(14)15/h3-5,7,9,13H,6H2,1-2H3,(H,14,15). The topological polar surface area (TPSA) is 79.7 Å². The predicted molar refractivity (Wildman–Crippen MR) is 57.3 cm³/mol. The number of rotatable bonds is 5. The average molecular weight is 225 g/mol. The molecule has 0 saturated carbocycles. The molecule has 0 bridgehead atoms. The van der Waals surface area contributed by atoms with Gasteiger partial charge in [-0.2, -0.15) is 0 Å². The number of nitrogens with zero attached hydrogens (tertiary/aromatic N) is 1. The fraction of sp³-hybridized carbons (Fsp3) is 0.455. The maximum absolute atomic E-state index is 10.5. The van der Waals surface area contributed by atoms with Crippen molar-refractivity contribution in [3.8, 4) is 5.88 Å². The second-order valence-electron chi connectivity index (χ2n) is 3.69. The van der Waals surface area contributed by atoms with Gasteiger partial charge < -0.3 is 14.9 Å². The first-order valence-corrected chi connectivity index (χ1v) is 5.02. The molecule has 0 aliphatic heterocycles. The molecule has 0 amide bonds. The minimum atomic E-state index is -1.43. The van der Waals surface area contributed by atoms with Crippen LogP contribution >= 0.6 is 0 Å². The largest absolute Gasteiger partial charge is 0.479 e. The molecule has 5 heteroatoms. The molecule has 0 spiro atoms. The van der Waals surface area contributed by atoms with Crippen LogP contribution in [0.25, 0.3) is 0 Å². The van der Waals surface area contributed by atoms with Gasteiger partial charge in [-0.1, -0.05) is 6.07 Å². The second kappa shape index (κ2) is 5.46. The summed E-state index contributed by atoms with van der Waals surface area (Å²) in [7, 11) is 0. The molecule has 1 atom stereocenters. The van der Waals surface area contributed by atoms with Crippen LogP contribution in [0.1, 0.15) is 19.5 Å². The number of hydrogen-bond acceptors (Lipinski definition) is 4. The highest BCUT2D eigenvalue weighted by molar-refractivity contribution is 5.72. The quantitative estimate of drug-likeness (QED) is 0.776. The van der Waals surface area contributed by atoms with Crippen LogP contribution in [-0.2, 0) is 11.2 Å². The van der Waals surface area contributed by atoms with Crippen LogP contribution in [0.5, 0.6) is 5.88 Å². The van der Waals surface area contributed by atoms with Crippen LogP contribution in [0.3, 0.4) is 0 Å². The summed E-state index contributed by atoms with van der Waals surface area (Å²) in [6.07, 6.45) is -1.45. The Morgan fingerprint density at radius 3 is 2.75 bits per heavy atom. The molecule has 1 unspecified atom stereocenters. The third-order valence-corrected chi connectivity index (χ3v) is 1.83. The van der Waals surface area contributed by atoms with Gasteiger partial charge in [0.25, 0.3) is 0 Å². The van der Waals surface area contributed by atoms with E-state index in [4.69, 9.17) is 9.84 Å². The van der Waals surface area contributed by atoms with Gasteiger partial charge in [-0.15, -0.1) is 0 Å². The zero-order valence-electron chi connectivity index (χ0n) is 9.25. The van der Waals surface area contributed by atoms with Gasteiger partial charge >= 0.3 is 5.97 Å². The van der Waals surface area contributed by atoms with Crippen molar-refractivity contribution in [3.05, 3.63) is 23.9 Å². The summed E-state index contributed by atoms with van der Waals surface area (Å²) in [6, 6.07) is 5.06. The monoisotopic (exact) mass is 225 g/mol. The van der Waals surface area contributed by atoms with Crippen molar-refractivity contribution < 1.29 is 19.7 Å². The number of ether oxygens (including phenoxy) is 1. The van der Waals surface area contributed by atoms with E-state index in [1.165, 1.54) is 0 Å². The van der Waals surface area contributed by atoms with Crippen LogP contribution in [0.15, 0.2) is 18.2 Å². The van der Waals surface area contributed by atoms with Crippen molar-refractivity contribution in [2.45, 2.75) is 32.5 Å². The van der Waals surface area contributed by atoms with E-state index >= 15 is 0 Å². The van der Waals surface area contributed by atoms with Gasteiger partial charge in [-0.3, -0.25) is 0 Å². The number of carbonyl (C=O) groups is 1. The fourth-order valence-electron chi connectivity index (χ4n) is 1.16. The highest BCUT2D eigenvalue weighted by Gasteiger charge is 2.14. The smallest absolute Gasteiger partial charge is 0.332 e. The van der Waals surface area contributed by atoms with Crippen molar-refractivity contribution in [2.75, 3.05) is 0 Å². The number of aliphatic hydroxyl groups excluding tert-OH is 1. The van der Waals surface area contributed by atoms with E-state index in [1.54, 1.807) is 18.2 Å². The molecule has 0 radical (unpaired) electrons. The zero-order valence-corrected chi connectivity index (χ0v) is 9.25. The molecule has 2 N–H and O–H groups in total. The Morgan fingerprint density at radius 2 is 2.19 bits per heavy atom. The van der Waals surface area contributed by atoms with Crippen LogP contribution in [0.2, 0.25) is 0 Å². The van der Waals surface area contributed by atoms with E-state index < -0.39 is 12.1 Å². The van der Waals surface area contributed by atoms with E-state index in [1.807, 2.05) is 13.8 Å². The van der Waals surface area contributed by atoms with E-state index in [9.17, 15) is 9.90 Å². The van der Waals surface area contributed by atoms with Crippen molar-refractivity contribution in [2.24, 2.45) is 0 Å². The lowest BCUT2D eigenvalue weighted by Gasteiger charge is -2.10. The zero-order chi connectivity index (χ0) is 12.1. The molecule has 0 aliphatic rings. The molecule has 16 heavy (non-hydrogen) atoms. The van der Waals surface area contributed by atoms with Crippen molar-refractivity contribution in [3.63, 3.8) is 0 Å². The van der Waals surface area contributed by atoms with Crippen molar-refractivity contribution >= 4 is 5.97 Å². The molecule has 1 heterocycles. The maximum atomic E-state index is 10.5. The van der Waals surface area contributed by atoms with Gasteiger partial charge in [-0.25, -0.2) is 9.78 Å². The molecule has 1 aromatic rings. The minimum Gasteiger partial charge on any atom is -0.479 e. The highest BCUT2D eigenvalue weighted by atomic mass is 16.5. The molecular formula is C11H15NO4. The first kappa shape index (κ1) is 12.4. The molecule has 5 nitrogen and oxygen atoms in total. The summed E-state index contributed by atoms with van der Waals surface area (Å²) in [4.78, 5) is 14.5. The Bertz CT molecular complexity index is 365. The summed E-state index contributed by atoms with van der Waals surface area (Å²) >= 11 is 0. The van der Waals surface area contributed by atoms with E-state index in [-0.39, 0.29) is 12.5 Å².